The lowest BCUT2D eigenvalue weighted by Gasteiger charge is -2.27. The maximum Gasteiger partial charge on any atom is 0.0576 e. The maximum atomic E-state index is 5.78. The van der Waals surface area contributed by atoms with Crippen LogP contribution in [0.3, 0.4) is 0 Å². The first kappa shape index (κ1) is 14.5. The number of nitrogens with two attached hydrogens (primary N) is 1. The van der Waals surface area contributed by atoms with E-state index in [0.29, 0.717) is 18.1 Å². The minimum atomic E-state index is 0.330. The van der Waals surface area contributed by atoms with Crippen molar-refractivity contribution >= 4 is 0 Å². The molecule has 1 fully saturated rings. The van der Waals surface area contributed by atoms with Crippen molar-refractivity contribution in [2.45, 2.75) is 57.1 Å². The summed E-state index contributed by atoms with van der Waals surface area (Å²) in [6, 6.07) is 11.0. The van der Waals surface area contributed by atoms with Crippen molar-refractivity contribution in [3.8, 4) is 0 Å². The van der Waals surface area contributed by atoms with Crippen LogP contribution in [0.5, 0.6) is 0 Å². The number of nitrogens with one attached hydrogen (secondary N) is 1. The van der Waals surface area contributed by atoms with E-state index in [-0.39, 0.29) is 0 Å². The lowest BCUT2D eigenvalue weighted by molar-refractivity contribution is 0.0985. The number of rotatable bonds is 7. The van der Waals surface area contributed by atoms with Crippen molar-refractivity contribution in [1.29, 1.82) is 0 Å². The normalized spacial score (nSPS) is 22.3. The molecular formula is C16H26N2O. The van der Waals surface area contributed by atoms with Crippen molar-refractivity contribution in [3.63, 3.8) is 0 Å². The maximum absolute atomic E-state index is 5.78. The Hall–Kier alpha value is -0.900. The number of ether oxygens (including phenoxy) is 1. The van der Waals surface area contributed by atoms with Gasteiger partial charge < -0.3 is 4.74 Å². The van der Waals surface area contributed by atoms with Gasteiger partial charge in [-0.15, -0.1) is 0 Å². The molecule has 0 radical (unpaired) electrons. The van der Waals surface area contributed by atoms with Crippen LogP contribution in [0, 0.1) is 0 Å². The Bertz CT molecular complexity index is 349. The summed E-state index contributed by atoms with van der Waals surface area (Å²) >= 11 is 0. The average Bonchev–Trinajstić information content (AvgIpc) is 2.97. The minimum absolute atomic E-state index is 0.330. The standard InChI is InChI=1S/C16H26N2O/c1-2-15(13-7-4-3-5-8-13)16(18-17)11-10-14-9-6-12-19-14/h3-5,7-8,14-16,18H,2,6,9-12,17H2,1H3. The molecule has 1 heterocycles. The molecule has 1 aromatic carbocycles. The van der Waals surface area contributed by atoms with Gasteiger partial charge in [0.15, 0.2) is 0 Å². The van der Waals surface area contributed by atoms with E-state index in [2.05, 4.69) is 42.7 Å². The predicted octanol–water partition coefficient (Wildman–Crippen LogP) is 2.97. The van der Waals surface area contributed by atoms with Crippen LogP contribution in [0.4, 0.5) is 0 Å². The molecule has 1 aliphatic heterocycles. The van der Waals surface area contributed by atoms with Crippen LogP contribution < -0.4 is 11.3 Å². The van der Waals surface area contributed by atoms with E-state index in [1.165, 1.54) is 18.4 Å². The lowest BCUT2D eigenvalue weighted by Crippen LogP contribution is -2.40. The van der Waals surface area contributed by atoms with Gasteiger partial charge in [0.25, 0.3) is 0 Å². The molecule has 3 unspecified atom stereocenters. The first-order chi connectivity index (χ1) is 9.35. The highest BCUT2D eigenvalue weighted by Gasteiger charge is 2.23. The van der Waals surface area contributed by atoms with Crippen LogP contribution in [0.25, 0.3) is 0 Å². The quantitative estimate of drug-likeness (QED) is 0.586. The molecule has 1 aromatic rings. The van der Waals surface area contributed by atoms with E-state index in [0.717, 1.165) is 25.9 Å². The smallest absolute Gasteiger partial charge is 0.0576 e. The van der Waals surface area contributed by atoms with Gasteiger partial charge >= 0.3 is 0 Å². The summed E-state index contributed by atoms with van der Waals surface area (Å²) in [6.07, 6.45) is 6.15. The Morgan fingerprint density at radius 3 is 2.74 bits per heavy atom. The third kappa shape index (κ3) is 4.03. The van der Waals surface area contributed by atoms with E-state index in [1.807, 2.05) is 0 Å². The molecule has 0 bridgehead atoms. The van der Waals surface area contributed by atoms with Crippen LogP contribution >= 0.6 is 0 Å². The van der Waals surface area contributed by atoms with Crippen LogP contribution in [-0.2, 0) is 4.74 Å². The monoisotopic (exact) mass is 262 g/mol. The molecule has 3 heteroatoms. The molecule has 3 atom stereocenters. The van der Waals surface area contributed by atoms with Crippen molar-refractivity contribution in [3.05, 3.63) is 35.9 Å². The SMILES string of the molecule is CCC(c1ccccc1)C(CCC1CCCO1)NN. The fourth-order valence-corrected chi connectivity index (χ4v) is 3.09. The molecule has 0 amide bonds. The summed E-state index contributed by atoms with van der Waals surface area (Å²) in [5.74, 6) is 6.26. The van der Waals surface area contributed by atoms with Crippen molar-refractivity contribution in [2.75, 3.05) is 6.61 Å². The molecule has 19 heavy (non-hydrogen) atoms. The number of benzene rings is 1. The molecule has 0 spiro atoms. The Kier molecular flexibility index (Phi) is 5.83. The van der Waals surface area contributed by atoms with Gasteiger partial charge in [-0.1, -0.05) is 37.3 Å². The Morgan fingerprint density at radius 1 is 1.37 bits per heavy atom. The lowest BCUT2D eigenvalue weighted by atomic mass is 9.86. The van der Waals surface area contributed by atoms with E-state index in [4.69, 9.17) is 10.6 Å². The summed E-state index contributed by atoms with van der Waals surface area (Å²) in [6.45, 7) is 3.16. The molecular weight excluding hydrogens is 236 g/mol. The van der Waals surface area contributed by atoms with E-state index < -0.39 is 0 Å². The third-order valence-electron chi connectivity index (χ3n) is 4.19. The highest BCUT2D eigenvalue weighted by molar-refractivity contribution is 5.21. The molecule has 1 saturated heterocycles. The number of hydrogen-bond donors (Lipinski definition) is 2. The van der Waals surface area contributed by atoms with E-state index >= 15 is 0 Å². The summed E-state index contributed by atoms with van der Waals surface area (Å²) in [4.78, 5) is 0. The third-order valence-corrected chi connectivity index (χ3v) is 4.19. The topological polar surface area (TPSA) is 47.3 Å². The highest BCUT2D eigenvalue weighted by Crippen LogP contribution is 2.27. The first-order valence-electron chi connectivity index (χ1n) is 7.47. The van der Waals surface area contributed by atoms with Gasteiger partial charge in [-0.3, -0.25) is 11.3 Å². The largest absolute Gasteiger partial charge is 0.378 e. The van der Waals surface area contributed by atoms with Gasteiger partial charge in [-0.05, 0) is 37.7 Å². The zero-order valence-electron chi connectivity index (χ0n) is 11.8. The van der Waals surface area contributed by atoms with Crippen molar-refractivity contribution < 1.29 is 4.74 Å². The summed E-state index contributed by atoms with van der Waals surface area (Å²) in [7, 11) is 0. The fraction of sp³-hybridized carbons (Fsp3) is 0.625. The van der Waals surface area contributed by atoms with Crippen LogP contribution in [-0.4, -0.2) is 18.8 Å². The fourth-order valence-electron chi connectivity index (χ4n) is 3.09. The summed E-state index contributed by atoms with van der Waals surface area (Å²) in [5.41, 5.74) is 4.40. The molecule has 3 N–H and O–H groups in total. The van der Waals surface area contributed by atoms with Crippen LogP contribution in [0.2, 0.25) is 0 Å². The molecule has 1 aliphatic rings. The van der Waals surface area contributed by atoms with Crippen molar-refractivity contribution in [2.24, 2.45) is 5.84 Å². The molecule has 0 aliphatic carbocycles. The van der Waals surface area contributed by atoms with Crippen LogP contribution in [0.15, 0.2) is 30.3 Å². The van der Waals surface area contributed by atoms with Gasteiger partial charge in [-0.25, -0.2) is 0 Å². The van der Waals surface area contributed by atoms with Gasteiger partial charge in [0.05, 0.1) is 6.10 Å². The molecule has 106 valence electrons. The van der Waals surface area contributed by atoms with Gasteiger partial charge in [-0.2, -0.15) is 0 Å². The second-order valence-electron chi connectivity index (χ2n) is 5.41. The van der Waals surface area contributed by atoms with Crippen LogP contribution in [0.1, 0.15) is 50.5 Å². The second kappa shape index (κ2) is 7.63. The Labute approximate surface area is 116 Å². The first-order valence-corrected chi connectivity index (χ1v) is 7.47. The van der Waals surface area contributed by atoms with Crippen molar-refractivity contribution in [1.82, 2.24) is 5.43 Å². The Balaban J connectivity index is 1.93. The number of hydrogen-bond acceptors (Lipinski definition) is 3. The minimum Gasteiger partial charge on any atom is -0.378 e. The van der Waals surface area contributed by atoms with Gasteiger partial charge in [0.1, 0.15) is 0 Å². The van der Waals surface area contributed by atoms with E-state index in [9.17, 15) is 0 Å². The van der Waals surface area contributed by atoms with Gasteiger partial charge in [0.2, 0.25) is 0 Å². The zero-order chi connectivity index (χ0) is 13.5. The number of hydrazine groups is 1. The molecule has 2 rings (SSSR count). The zero-order valence-corrected chi connectivity index (χ0v) is 11.8. The summed E-state index contributed by atoms with van der Waals surface area (Å²) < 4.78 is 5.70. The summed E-state index contributed by atoms with van der Waals surface area (Å²) in [5, 5.41) is 0. The molecule has 0 aromatic heterocycles. The molecule has 3 nitrogen and oxygen atoms in total. The molecule has 0 saturated carbocycles. The van der Waals surface area contributed by atoms with Gasteiger partial charge in [0, 0.05) is 18.6 Å². The average molecular weight is 262 g/mol. The van der Waals surface area contributed by atoms with E-state index in [1.54, 1.807) is 0 Å². The Morgan fingerprint density at radius 2 is 2.16 bits per heavy atom. The highest BCUT2D eigenvalue weighted by atomic mass is 16.5. The second-order valence-corrected chi connectivity index (χ2v) is 5.41. The predicted molar refractivity (Wildman–Crippen MR) is 78.8 cm³/mol.